The van der Waals surface area contributed by atoms with Crippen molar-refractivity contribution in [2.75, 3.05) is 11.9 Å². The number of aromatic nitrogens is 2. The average Bonchev–Trinajstić information content (AvgIpc) is 2.91. The predicted molar refractivity (Wildman–Crippen MR) is 91.1 cm³/mol. The molecule has 1 atom stereocenters. The Morgan fingerprint density at radius 3 is 2.78 bits per heavy atom. The van der Waals surface area contributed by atoms with Crippen molar-refractivity contribution < 1.29 is 9.90 Å². The van der Waals surface area contributed by atoms with Crippen LogP contribution < -0.4 is 10.6 Å². The van der Waals surface area contributed by atoms with Crippen LogP contribution in [0.3, 0.4) is 0 Å². The van der Waals surface area contributed by atoms with E-state index in [4.69, 9.17) is 0 Å². The first-order valence-electron chi connectivity index (χ1n) is 7.64. The number of imidazole rings is 1. The zero-order chi connectivity index (χ0) is 17.0. The number of amides is 2. The summed E-state index contributed by atoms with van der Waals surface area (Å²) >= 11 is 0. The minimum absolute atomic E-state index is 0.0505. The Morgan fingerprint density at radius 1 is 1.43 bits per heavy atom. The number of nitrogens with zero attached hydrogens (tertiary/aromatic N) is 2. The van der Waals surface area contributed by atoms with E-state index in [0.29, 0.717) is 5.69 Å². The second kappa shape index (κ2) is 6.83. The molecule has 0 bridgehead atoms. The lowest BCUT2D eigenvalue weighted by atomic mass is 9.93. The second-order valence-corrected chi connectivity index (χ2v) is 6.26. The van der Waals surface area contributed by atoms with Crippen molar-refractivity contribution in [3.63, 3.8) is 0 Å². The van der Waals surface area contributed by atoms with Gasteiger partial charge in [-0.2, -0.15) is 0 Å². The number of carbonyl (C=O) groups excluding carboxylic acids is 1. The summed E-state index contributed by atoms with van der Waals surface area (Å²) in [4.78, 5) is 16.3. The SMILES string of the molecule is CC(C)C(C)(O)CNC(=O)Nc1cccc(-c2nccn2C)c1. The maximum atomic E-state index is 12.0. The number of nitrogens with one attached hydrogen (secondary N) is 2. The highest BCUT2D eigenvalue weighted by atomic mass is 16.3. The molecule has 23 heavy (non-hydrogen) atoms. The Morgan fingerprint density at radius 2 is 2.17 bits per heavy atom. The summed E-state index contributed by atoms with van der Waals surface area (Å²) in [6, 6.07) is 7.14. The molecule has 0 aliphatic heterocycles. The number of rotatable bonds is 5. The first-order chi connectivity index (χ1) is 10.8. The van der Waals surface area contributed by atoms with Gasteiger partial charge in [0.05, 0.1) is 5.60 Å². The first-order valence-corrected chi connectivity index (χ1v) is 7.64. The van der Waals surface area contributed by atoms with Gasteiger partial charge in [-0.3, -0.25) is 0 Å². The van der Waals surface area contributed by atoms with Crippen LogP contribution in [0.4, 0.5) is 10.5 Å². The third-order valence-electron chi connectivity index (χ3n) is 4.05. The average molecular weight is 316 g/mol. The number of aliphatic hydroxyl groups is 1. The highest BCUT2D eigenvalue weighted by Gasteiger charge is 2.25. The van der Waals surface area contributed by atoms with Crippen LogP contribution in [0.15, 0.2) is 36.7 Å². The fourth-order valence-corrected chi connectivity index (χ4v) is 2.02. The summed E-state index contributed by atoms with van der Waals surface area (Å²) < 4.78 is 1.92. The van der Waals surface area contributed by atoms with Gasteiger partial charge in [0.15, 0.2) is 0 Å². The summed E-state index contributed by atoms with van der Waals surface area (Å²) in [5, 5.41) is 15.6. The molecule has 0 aliphatic carbocycles. The number of hydrogen-bond acceptors (Lipinski definition) is 3. The number of carbonyl (C=O) groups is 1. The number of anilines is 1. The lowest BCUT2D eigenvalue weighted by molar-refractivity contribution is 0.0170. The maximum Gasteiger partial charge on any atom is 0.319 e. The lowest BCUT2D eigenvalue weighted by Gasteiger charge is -2.27. The van der Waals surface area contributed by atoms with Gasteiger partial charge in [0.2, 0.25) is 0 Å². The largest absolute Gasteiger partial charge is 0.388 e. The summed E-state index contributed by atoms with van der Waals surface area (Å²) in [6.07, 6.45) is 3.60. The number of aryl methyl sites for hydroxylation is 1. The molecule has 1 heterocycles. The van der Waals surface area contributed by atoms with E-state index in [-0.39, 0.29) is 18.5 Å². The quantitative estimate of drug-likeness (QED) is 0.793. The lowest BCUT2D eigenvalue weighted by Crippen LogP contribution is -2.45. The molecule has 1 aromatic carbocycles. The summed E-state index contributed by atoms with van der Waals surface area (Å²) in [5.41, 5.74) is 0.656. The minimum atomic E-state index is -0.938. The summed E-state index contributed by atoms with van der Waals surface area (Å²) in [5.74, 6) is 0.881. The van der Waals surface area contributed by atoms with Gasteiger partial charge in [0, 0.05) is 37.2 Å². The van der Waals surface area contributed by atoms with Crippen LogP contribution in [0.2, 0.25) is 0 Å². The topological polar surface area (TPSA) is 79.2 Å². The smallest absolute Gasteiger partial charge is 0.319 e. The van der Waals surface area contributed by atoms with Crippen molar-refractivity contribution in [2.24, 2.45) is 13.0 Å². The molecule has 0 saturated carbocycles. The molecule has 3 N–H and O–H groups in total. The molecule has 1 unspecified atom stereocenters. The predicted octanol–water partition coefficient (Wildman–Crippen LogP) is 2.62. The van der Waals surface area contributed by atoms with Crippen molar-refractivity contribution in [2.45, 2.75) is 26.4 Å². The van der Waals surface area contributed by atoms with E-state index in [9.17, 15) is 9.90 Å². The van der Waals surface area contributed by atoms with Gasteiger partial charge < -0.3 is 20.3 Å². The highest BCUT2D eigenvalue weighted by molar-refractivity contribution is 5.90. The summed E-state index contributed by atoms with van der Waals surface area (Å²) in [6.45, 7) is 5.72. The normalized spacial score (nSPS) is 13.7. The third-order valence-corrected chi connectivity index (χ3v) is 4.05. The van der Waals surface area contributed by atoms with Gasteiger partial charge in [-0.25, -0.2) is 9.78 Å². The van der Waals surface area contributed by atoms with Crippen LogP contribution in [-0.4, -0.2) is 32.8 Å². The van der Waals surface area contributed by atoms with Crippen molar-refractivity contribution in [3.05, 3.63) is 36.7 Å². The molecule has 0 radical (unpaired) electrons. The van der Waals surface area contributed by atoms with Crippen molar-refractivity contribution >= 4 is 11.7 Å². The molecule has 0 aliphatic rings. The van der Waals surface area contributed by atoms with Crippen LogP contribution in [0.1, 0.15) is 20.8 Å². The highest BCUT2D eigenvalue weighted by Crippen LogP contribution is 2.20. The van der Waals surface area contributed by atoms with E-state index >= 15 is 0 Å². The standard InChI is InChI=1S/C17H24N4O2/c1-12(2)17(3,23)11-19-16(22)20-14-7-5-6-13(10-14)15-18-8-9-21(15)4/h5-10,12,23H,11H2,1-4H3,(H2,19,20,22). The Kier molecular flexibility index (Phi) is 5.05. The fraction of sp³-hybridized carbons (Fsp3) is 0.412. The van der Waals surface area contributed by atoms with Gasteiger partial charge in [-0.1, -0.05) is 26.0 Å². The van der Waals surface area contributed by atoms with Crippen LogP contribution in [-0.2, 0) is 7.05 Å². The molecule has 2 aromatic rings. The Balaban J connectivity index is 2.01. The van der Waals surface area contributed by atoms with Crippen molar-refractivity contribution in [3.8, 4) is 11.4 Å². The molecule has 2 amide bonds. The van der Waals surface area contributed by atoms with E-state index in [1.807, 2.05) is 55.9 Å². The van der Waals surface area contributed by atoms with Crippen molar-refractivity contribution in [1.82, 2.24) is 14.9 Å². The second-order valence-electron chi connectivity index (χ2n) is 6.26. The maximum absolute atomic E-state index is 12.0. The first kappa shape index (κ1) is 17.0. The minimum Gasteiger partial charge on any atom is -0.388 e. The molecule has 0 fully saturated rings. The van der Waals surface area contributed by atoms with E-state index in [1.54, 1.807) is 13.1 Å². The van der Waals surface area contributed by atoms with E-state index < -0.39 is 5.60 Å². The zero-order valence-electron chi connectivity index (χ0n) is 14.0. The molecular weight excluding hydrogens is 292 g/mol. The Hall–Kier alpha value is -2.34. The number of hydrogen-bond donors (Lipinski definition) is 3. The molecule has 2 rings (SSSR count). The number of benzene rings is 1. The zero-order valence-corrected chi connectivity index (χ0v) is 14.0. The molecule has 6 nitrogen and oxygen atoms in total. The van der Waals surface area contributed by atoms with Crippen LogP contribution in [0.5, 0.6) is 0 Å². The molecular formula is C17H24N4O2. The van der Waals surface area contributed by atoms with Gasteiger partial charge >= 0.3 is 6.03 Å². The van der Waals surface area contributed by atoms with E-state index in [0.717, 1.165) is 11.4 Å². The molecule has 0 spiro atoms. The van der Waals surface area contributed by atoms with E-state index in [2.05, 4.69) is 15.6 Å². The number of urea groups is 1. The Bertz CT molecular complexity index is 677. The van der Waals surface area contributed by atoms with Crippen molar-refractivity contribution in [1.29, 1.82) is 0 Å². The molecule has 0 saturated heterocycles. The molecule has 6 heteroatoms. The molecule has 1 aromatic heterocycles. The molecule has 124 valence electrons. The summed E-state index contributed by atoms with van der Waals surface area (Å²) in [7, 11) is 1.92. The monoisotopic (exact) mass is 316 g/mol. The van der Waals surface area contributed by atoms with Crippen LogP contribution in [0.25, 0.3) is 11.4 Å². The van der Waals surface area contributed by atoms with Gasteiger partial charge in [-0.05, 0) is 25.0 Å². The Labute approximate surface area is 136 Å². The van der Waals surface area contributed by atoms with Crippen LogP contribution in [0, 0.1) is 5.92 Å². The third kappa shape index (κ3) is 4.32. The fourth-order valence-electron chi connectivity index (χ4n) is 2.02. The van der Waals surface area contributed by atoms with Gasteiger partial charge in [0.25, 0.3) is 0 Å². The van der Waals surface area contributed by atoms with E-state index in [1.165, 1.54) is 0 Å². The van der Waals surface area contributed by atoms with Gasteiger partial charge in [-0.15, -0.1) is 0 Å². The van der Waals surface area contributed by atoms with Gasteiger partial charge in [0.1, 0.15) is 5.82 Å². The van der Waals surface area contributed by atoms with Crippen LogP contribution >= 0.6 is 0 Å².